The van der Waals surface area contributed by atoms with Gasteiger partial charge in [0, 0.05) is 32.2 Å². The normalized spacial score (nSPS) is 17.9. The van der Waals surface area contributed by atoms with E-state index in [1.54, 1.807) is 28.4 Å². The van der Waals surface area contributed by atoms with Crippen LogP contribution in [0.2, 0.25) is 0 Å². The van der Waals surface area contributed by atoms with E-state index in [4.69, 9.17) is 23.9 Å². The summed E-state index contributed by atoms with van der Waals surface area (Å²) in [5.74, 6) is 3.27. The van der Waals surface area contributed by atoms with Gasteiger partial charge in [-0.05, 0) is 104 Å². The number of hydrogen-bond acceptors (Lipinski definition) is 8. The third kappa shape index (κ3) is 7.96. The van der Waals surface area contributed by atoms with E-state index in [9.17, 15) is 9.18 Å². The summed E-state index contributed by atoms with van der Waals surface area (Å²) in [7, 11) is 6.47. The Balaban J connectivity index is 1.03. The van der Waals surface area contributed by atoms with Crippen LogP contribution in [0.4, 0.5) is 10.3 Å². The number of piperidine rings is 1. The van der Waals surface area contributed by atoms with Crippen LogP contribution >= 0.6 is 0 Å². The van der Waals surface area contributed by atoms with E-state index in [2.05, 4.69) is 33.0 Å². The SMILES string of the molecule is COc1ccc(CC2(CCN3CCC(Nc4nc5ccccc5n4Cc4ccc(F)cc4)CC3)CCN(Cc3cc(OC)c(OC)c(OC)c3)C2=O)cc1. The predicted octanol–water partition coefficient (Wildman–Crippen LogP) is 7.19. The minimum Gasteiger partial charge on any atom is -0.497 e. The number of para-hydroxylation sites is 2. The first kappa shape index (κ1) is 37.0. The largest absolute Gasteiger partial charge is 0.497 e. The molecule has 7 rings (SSSR count). The molecule has 10 nitrogen and oxygen atoms in total. The number of carbonyl (C=O) groups is 1. The molecule has 3 heterocycles. The van der Waals surface area contributed by atoms with E-state index in [1.807, 2.05) is 59.5 Å². The Bertz CT molecular complexity index is 2020. The molecule has 5 aromatic rings. The molecule has 2 saturated heterocycles. The van der Waals surface area contributed by atoms with Crippen LogP contribution in [0, 0.1) is 11.2 Å². The van der Waals surface area contributed by atoms with Crippen LogP contribution in [0.5, 0.6) is 23.0 Å². The minimum absolute atomic E-state index is 0.184. The highest BCUT2D eigenvalue weighted by Crippen LogP contribution is 2.42. The lowest BCUT2D eigenvalue weighted by molar-refractivity contribution is -0.137. The number of fused-ring (bicyclic) bond motifs is 1. The van der Waals surface area contributed by atoms with E-state index in [0.717, 1.165) is 84.7 Å². The van der Waals surface area contributed by atoms with Crippen LogP contribution in [0.1, 0.15) is 42.4 Å². The van der Waals surface area contributed by atoms with Gasteiger partial charge in [-0.15, -0.1) is 0 Å². The van der Waals surface area contributed by atoms with Crippen molar-refractivity contribution in [1.29, 1.82) is 0 Å². The molecule has 1 amide bonds. The van der Waals surface area contributed by atoms with Gasteiger partial charge in [-0.1, -0.05) is 36.4 Å². The summed E-state index contributed by atoms with van der Waals surface area (Å²) in [6, 6.07) is 27.0. The number of rotatable bonds is 15. The Hall–Kier alpha value is -5.29. The average molecular weight is 736 g/mol. The molecule has 54 heavy (non-hydrogen) atoms. The van der Waals surface area contributed by atoms with Gasteiger partial charge in [-0.3, -0.25) is 4.79 Å². The zero-order valence-electron chi connectivity index (χ0n) is 31.6. The highest BCUT2D eigenvalue weighted by Gasteiger charge is 2.46. The standard InChI is InChI=1S/C43H50FN5O5/c1-51-35-15-11-30(12-16-35)27-43(20-24-48(41(43)50)28-32-25-38(52-2)40(54-4)39(26-32)53-3)19-23-47-21-17-34(18-22-47)45-42-46-36-7-5-6-8-37(36)49(42)29-31-9-13-33(44)14-10-31/h5-16,25-26,34H,17-24,27-29H2,1-4H3,(H,45,46). The number of methoxy groups -OCH3 is 4. The van der Waals surface area contributed by atoms with Crippen molar-refractivity contribution in [2.24, 2.45) is 5.41 Å². The number of amides is 1. The molecule has 1 unspecified atom stereocenters. The Morgan fingerprint density at radius 1 is 0.796 bits per heavy atom. The number of nitrogens with zero attached hydrogens (tertiary/aromatic N) is 4. The number of carbonyl (C=O) groups excluding carboxylic acids is 1. The number of aromatic nitrogens is 2. The molecule has 11 heteroatoms. The third-order valence-corrected chi connectivity index (χ3v) is 11.1. The summed E-state index contributed by atoms with van der Waals surface area (Å²) in [5.41, 5.74) is 4.54. The fraction of sp³-hybridized carbons (Fsp3) is 0.395. The summed E-state index contributed by atoms with van der Waals surface area (Å²) in [6.45, 7) is 4.44. The summed E-state index contributed by atoms with van der Waals surface area (Å²) in [6.07, 6.45) is 4.16. The molecule has 4 aromatic carbocycles. The van der Waals surface area contributed by atoms with Crippen molar-refractivity contribution in [3.8, 4) is 23.0 Å². The van der Waals surface area contributed by atoms with Crippen LogP contribution in [-0.4, -0.2) is 85.9 Å². The number of hydrogen-bond donors (Lipinski definition) is 1. The summed E-state index contributed by atoms with van der Waals surface area (Å²) < 4.78 is 38.0. The maximum atomic E-state index is 14.5. The average Bonchev–Trinajstić information content (AvgIpc) is 3.70. The monoisotopic (exact) mass is 735 g/mol. The molecule has 2 aliphatic rings. The van der Waals surface area contributed by atoms with E-state index in [0.29, 0.717) is 43.3 Å². The Morgan fingerprint density at radius 3 is 2.15 bits per heavy atom. The van der Waals surface area contributed by atoms with E-state index >= 15 is 0 Å². The molecule has 1 N–H and O–H groups in total. The second kappa shape index (κ2) is 16.4. The van der Waals surface area contributed by atoms with Crippen molar-refractivity contribution in [1.82, 2.24) is 19.4 Å². The van der Waals surface area contributed by atoms with Crippen molar-refractivity contribution in [2.45, 2.75) is 51.2 Å². The molecule has 1 aromatic heterocycles. The number of halogens is 1. The van der Waals surface area contributed by atoms with Crippen LogP contribution in [0.15, 0.2) is 84.9 Å². The van der Waals surface area contributed by atoms with Gasteiger partial charge in [-0.2, -0.15) is 0 Å². The highest BCUT2D eigenvalue weighted by atomic mass is 19.1. The van der Waals surface area contributed by atoms with Crippen LogP contribution < -0.4 is 24.3 Å². The van der Waals surface area contributed by atoms with Gasteiger partial charge in [0.1, 0.15) is 11.6 Å². The van der Waals surface area contributed by atoms with Gasteiger partial charge in [-0.25, -0.2) is 9.37 Å². The van der Waals surface area contributed by atoms with Crippen LogP contribution in [0.25, 0.3) is 11.0 Å². The Labute approximate surface area is 316 Å². The van der Waals surface area contributed by atoms with Gasteiger partial charge in [0.25, 0.3) is 0 Å². The molecule has 0 saturated carbocycles. The smallest absolute Gasteiger partial charge is 0.229 e. The summed E-state index contributed by atoms with van der Waals surface area (Å²) in [4.78, 5) is 24.0. The Kier molecular flexibility index (Phi) is 11.2. The first-order chi connectivity index (χ1) is 26.3. The van der Waals surface area contributed by atoms with Crippen LogP contribution in [-0.2, 0) is 24.3 Å². The van der Waals surface area contributed by atoms with Gasteiger partial charge in [0.2, 0.25) is 17.6 Å². The number of likely N-dealkylation sites (tertiary alicyclic amines) is 2. The van der Waals surface area contributed by atoms with Crippen molar-refractivity contribution in [3.05, 3.63) is 107 Å². The van der Waals surface area contributed by atoms with E-state index in [-0.39, 0.29) is 17.8 Å². The first-order valence-electron chi connectivity index (χ1n) is 18.7. The molecule has 2 fully saturated rings. The number of imidazole rings is 1. The summed E-state index contributed by atoms with van der Waals surface area (Å²) >= 11 is 0. The molecular formula is C43H50FN5O5. The number of nitrogens with one attached hydrogen (secondary N) is 1. The second-order valence-electron chi connectivity index (χ2n) is 14.5. The molecule has 0 aliphatic carbocycles. The first-order valence-corrected chi connectivity index (χ1v) is 18.7. The number of benzene rings is 4. The van der Waals surface area contributed by atoms with E-state index < -0.39 is 5.41 Å². The number of anilines is 1. The lowest BCUT2D eigenvalue weighted by Crippen LogP contribution is -2.43. The Morgan fingerprint density at radius 2 is 1.48 bits per heavy atom. The maximum absolute atomic E-state index is 14.5. The highest BCUT2D eigenvalue weighted by molar-refractivity contribution is 5.85. The second-order valence-corrected chi connectivity index (χ2v) is 14.5. The minimum atomic E-state index is -0.518. The van der Waals surface area contributed by atoms with Crippen molar-refractivity contribution in [3.63, 3.8) is 0 Å². The van der Waals surface area contributed by atoms with Crippen LogP contribution in [0.3, 0.4) is 0 Å². The van der Waals surface area contributed by atoms with Gasteiger partial charge >= 0.3 is 0 Å². The maximum Gasteiger partial charge on any atom is 0.229 e. The van der Waals surface area contributed by atoms with Gasteiger partial charge in [0.05, 0.1) is 51.4 Å². The van der Waals surface area contributed by atoms with Crippen molar-refractivity contribution >= 4 is 22.9 Å². The molecule has 0 radical (unpaired) electrons. The van der Waals surface area contributed by atoms with Gasteiger partial charge < -0.3 is 38.6 Å². The lowest BCUT2D eigenvalue weighted by Gasteiger charge is -2.35. The fourth-order valence-electron chi connectivity index (χ4n) is 8.08. The lowest BCUT2D eigenvalue weighted by atomic mass is 9.77. The molecule has 0 spiro atoms. The zero-order chi connectivity index (χ0) is 37.7. The van der Waals surface area contributed by atoms with Gasteiger partial charge in [0.15, 0.2) is 11.5 Å². The quantitative estimate of drug-likeness (QED) is 0.121. The van der Waals surface area contributed by atoms with E-state index in [1.165, 1.54) is 12.1 Å². The fourth-order valence-corrected chi connectivity index (χ4v) is 8.08. The third-order valence-electron chi connectivity index (χ3n) is 11.1. The summed E-state index contributed by atoms with van der Waals surface area (Å²) in [5, 5.41) is 3.75. The molecule has 284 valence electrons. The van der Waals surface area contributed by atoms with Crippen molar-refractivity contribution in [2.75, 3.05) is 59.9 Å². The predicted molar refractivity (Wildman–Crippen MR) is 208 cm³/mol. The molecule has 2 aliphatic heterocycles. The zero-order valence-corrected chi connectivity index (χ0v) is 31.6. The molecule has 0 bridgehead atoms. The molecular weight excluding hydrogens is 686 g/mol. The number of ether oxygens (including phenoxy) is 4. The topological polar surface area (TPSA) is 90.3 Å². The molecule has 1 atom stereocenters. The van der Waals surface area contributed by atoms with Crippen molar-refractivity contribution < 1.29 is 28.1 Å².